The van der Waals surface area contributed by atoms with Crippen LogP contribution in [0, 0.1) is 5.92 Å². The second-order valence-electron chi connectivity index (χ2n) is 9.36. The van der Waals surface area contributed by atoms with E-state index >= 15 is 0 Å². The lowest BCUT2D eigenvalue weighted by Crippen LogP contribution is -2.23. The van der Waals surface area contributed by atoms with Crippen LogP contribution in [-0.2, 0) is 17.4 Å². The van der Waals surface area contributed by atoms with E-state index in [2.05, 4.69) is 41.8 Å². The van der Waals surface area contributed by atoms with Gasteiger partial charge in [-0.2, -0.15) is 0 Å². The zero-order valence-electron chi connectivity index (χ0n) is 22.1. The molecule has 2 unspecified atom stereocenters. The number of amides is 1. The average Bonchev–Trinajstić information content (AvgIpc) is 3.52. The molecule has 1 saturated heterocycles. The minimum absolute atomic E-state index is 0.208. The minimum atomic E-state index is -0.919. The molecule has 10 nitrogen and oxygen atoms in total. The van der Waals surface area contributed by atoms with Crippen molar-refractivity contribution in [2.45, 2.75) is 44.8 Å². The molecule has 2 fully saturated rings. The van der Waals surface area contributed by atoms with Gasteiger partial charge >= 0.3 is 0 Å². The largest absolute Gasteiger partial charge is 0.477 e. The fourth-order valence-corrected chi connectivity index (χ4v) is 5.86. The molecule has 0 spiro atoms. The van der Waals surface area contributed by atoms with Gasteiger partial charge in [-0.3, -0.25) is 14.8 Å². The molecule has 2 N–H and O–H groups in total. The third-order valence-electron chi connectivity index (χ3n) is 6.14. The lowest BCUT2D eigenvalue weighted by molar-refractivity contribution is 0.0962. The first-order valence-electron chi connectivity index (χ1n) is 12.9. The SMILES string of the molecule is CC1CCN(CCc2cc(NS(=O)C3CC3)ccn2)C1.CCOc1cncc(-c2cnc(C(=O)NC)s2)n1. The molecule has 0 radical (unpaired) electrons. The number of aromatic nitrogens is 4. The molecule has 0 aromatic carbocycles. The van der Waals surface area contributed by atoms with Crippen LogP contribution in [0.15, 0.2) is 36.9 Å². The summed E-state index contributed by atoms with van der Waals surface area (Å²) in [5.41, 5.74) is 2.67. The molecule has 5 rings (SSSR count). The van der Waals surface area contributed by atoms with Gasteiger partial charge in [-0.15, -0.1) is 11.3 Å². The third-order valence-corrected chi connectivity index (χ3v) is 8.67. The van der Waals surface area contributed by atoms with Gasteiger partial charge in [0, 0.05) is 50.3 Å². The summed E-state index contributed by atoms with van der Waals surface area (Å²) in [5, 5.41) is 3.28. The van der Waals surface area contributed by atoms with Crippen LogP contribution in [0.4, 0.5) is 5.69 Å². The van der Waals surface area contributed by atoms with Crippen LogP contribution in [-0.4, -0.2) is 73.5 Å². The predicted molar refractivity (Wildman–Crippen MR) is 151 cm³/mol. The number of likely N-dealkylation sites (tertiary alicyclic amines) is 1. The Morgan fingerprint density at radius 1 is 1.24 bits per heavy atom. The summed E-state index contributed by atoms with van der Waals surface area (Å²) >= 11 is 1.26. The molecule has 12 heteroatoms. The van der Waals surface area contributed by atoms with E-state index in [1.165, 1.54) is 30.8 Å². The fourth-order valence-electron chi connectivity index (χ4n) is 3.95. The van der Waals surface area contributed by atoms with Crippen LogP contribution in [0.3, 0.4) is 0 Å². The highest BCUT2D eigenvalue weighted by Crippen LogP contribution is 2.27. The van der Waals surface area contributed by atoms with Crippen molar-refractivity contribution in [3.8, 4) is 16.5 Å². The van der Waals surface area contributed by atoms with Gasteiger partial charge in [-0.25, -0.2) is 14.2 Å². The number of hydrogen-bond acceptors (Lipinski definition) is 9. The molecule has 1 amide bonds. The first kappa shape index (κ1) is 28.1. The Morgan fingerprint density at radius 2 is 2.08 bits per heavy atom. The highest BCUT2D eigenvalue weighted by Gasteiger charge is 2.28. The van der Waals surface area contributed by atoms with E-state index < -0.39 is 11.0 Å². The van der Waals surface area contributed by atoms with E-state index in [4.69, 9.17) is 4.74 Å². The van der Waals surface area contributed by atoms with Crippen molar-refractivity contribution in [1.29, 1.82) is 0 Å². The van der Waals surface area contributed by atoms with Crippen molar-refractivity contribution >= 4 is 33.9 Å². The number of thiazole rings is 1. The van der Waals surface area contributed by atoms with Crippen LogP contribution in [0.2, 0.25) is 0 Å². The monoisotopic (exact) mass is 557 g/mol. The lowest BCUT2D eigenvalue weighted by atomic mass is 10.2. The van der Waals surface area contributed by atoms with Gasteiger partial charge in [0.1, 0.15) is 16.7 Å². The van der Waals surface area contributed by atoms with Crippen molar-refractivity contribution in [2.75, 3.05) is 38.0 Å². The Morgan fingerprint density at radius 3 is 2.79 bits per heavy atom. The summed E-state index contributed by atoms with van der Waals surface area (Å²) in [6, 6.07) is 3.95. The van der Waals surface area contributed by atoms with Crippen molar-refractivity contribution in [3.05, 3.63) is 47.6 Å². The Kier molecular flexibility index (Phi) is 10.1. The maximum absolute atomic E-state index is 11.9. The number of anilines is 1. The van der Waals surface area contributed by atoms with Crippen molar-refractivity contribution < 1.29 is 13.7 Å². The molecule has 38 heavy (non-hydrogen) atoms. The second-order valence-corrected chi connectivity index (χ2v) is 11.9. The summed E-state index contributed by atoms with van der Waals surface area (Å²) in [5.74, 6) is 1.09. The van der Waals surface area contributed by atoms with Gasteiger partial charge in [0.2, 0.25) is 5.88 Å². The van der Waals surface area contributed by atoms with Gasteiger partial charge in [0.15, 0.2) is 5.01 Å². The predicted octanol–water partition coefficient (Wildman–Crippen LogP) is 3.56. The number of nitrogens with one attached hydrogen (secondary N) is 2. The van der Waals surface area contributed by atoms with Crippen LogP contribution < -0.4 is 14.8 Å². The van der Waals surface area contributed by atoms with E-state index in [1.807, 2.05) is 25.3 Å². The average molecular weight is 558 g/mol. The molecule has 1 aliphatic carbocycles. The zero-order valence-corrected chi connectivity index (χ0v) is 23.7. The lowest BCUT2D eigenvalue weighted by Gasteiger charge is -2.15. The number of carbonyl (C=O) groups excluding carboxylic acids is 1. The first-order chi connectivity index (χ1) is 18.4. The molecular formula is C26H35N7O3S2. The van der Waals surface area contributed by atoms with Crippen LogP contribution in [0.5, 0.6) is 5.88 Å². The summed E-state index contributed by atoms with van der Waals surface area (Å²) in [4.78, 5) is 31.5. The highest BCUT2D eigenvalue weighted by molar-refractivity contribution is 7.87. The second kappa shape index (κ2) is 13.7. The maximum atomic E-state index is 11.9. The summed E-state index contributed by atoms with van der Waals surface area (Å²) in [7, 11) is 0.650. The maximum Gasteiger partial charge on any atom is 0.280 e. The molecule has 3 aromatic rings. The number of hydrogen-bond donors (Lipinski definition) is 2. The summed E-state index contributed by atoms with van der Waals surface area (Å²) < 4.78 is 20.2. The Labute approximate surface area is 230 Å². The zero-order chi connectivity index (χ0) is 26.9. The quantitative estimate of drug-likeness (QED) is 0.388. The van der Waals surface area contributed by atoms with Crippen molar-refractivity contribution in [2.24, 2.45) is 5.92 Å². The smallest absolute Gasteiger partial charge is 0.280 e. The molecule has 2 atom stereocenters. The van der Waals surface area contributed by atoms with Gasteiger partial charge in [-0.1, -0.05) is 6.92 Å². The van der Waals surface area contributed by atoms with Crippen LogP contribution in [0.1, 0.15) is 48.6 Å². The number of rotatable bonds is 10. The first-order valence-corrected chi connectivity index (χ1v) is 15.0. The summed E-state index contributed by atoms with van der Waals surface area (Å²) in [6.45, 7) is 8.23. The minimum Gasteiger partial charge on any atom is -0.477 e. The Balaban J connectivity index is 0.000000178. The molecule has 1 aliphatic heterocycles. The number of nitrogens with zero attached hydrogens (tertiary/aromatic N) is 5. The Hall–Kier alpha value is -2.96. The van der Waals surface area contributed by atoms with E-state index in [0.29, 0.717) is 28.4 Å². The standard InChI is InChI=1S/C15H23N3OS.C11H12N4O2S/c1-12-5-8-18(11-12)9-6-13-10-14(4-7-16-13)17-20(19)15-2-3-15;1-3-17-9-6-13-4-7(15-9)8-5-14-11(18-8)10(16)12-2/h4,7,10,12,15H,2-3,5-6,8-9,11H2,1H3,(H,16,17);4-6H,3H2,1-2H3,(H,12,16). The van der Waals surface area contributed by atoms with E-state index in [1.54, 1.807) is 25.6 Å². The molecule has 2 aliphatic rings. The molecule has 1 saturated carbocycles. The van der Waals surface area contributed by atoms with Crippen molar-refractivity contribution in [3.63, 3.8) is 0 Å². The Bertz CT molecular complexity index is 1230. The summed E-state index contributed by atoms with van der Waals surface area (Å²) in [6.07, 6.45) is 11.0. The molecule has 0 bridgehead atoms. The van der Waals surface area contributed by atoms with Gasteiger partial charge in [0.05, 0.1) is 29.1 Å². The normalized spacial score (nSPS) is 17.8. The van der Waals surface area contributed by atoms with Crippen LogP contribution >= 0.6 is 11.3 Å². The third kappa shape index (κ3) is 8.27. The number of carbonyl (C=O) groups is 1. The fraction of sp³-hybridized carbons (Fsp3) is 0.500. The van der Waals surface area contributed by atoms with E-state index in [9.17, 15) is 9.00 Å². The van der Waals surface area contributed by atoms with E-state index in [-0.39, 0.29) is 5.91 Å². The van der Waals surface area contributed by atoms with Crippen molar-refractivity contribution in [1.82, 2.24) is 30.2 Å². The molecule has 3 aromatic heterocycles. The van der Waals surface area contributed by atoms with Gasteiger partial charge < -0.3 is 19.7 Å². The van der Waals surface area contributed by atoms with Crippen LogP contribution in [0.25, 0.3) is 10.6 Å². The molecule has 4 heterocycles. The van der Waals surface area contributed by atoms with Gasteiger partial charge in [-0.05, 0) is 50.8 Å². The number of ether oxygens (including phenoxy) is 1. The molecular weight excluding hydrogens is 522 g/mol. The topological polar surface area (TPSA) is 122 Å². The molecule has 204 valence electrons. The van der Waals surface area contributed by atoms with E-state index in [0.717, 1.165) is 48.0 Å². The highest BCUT2D eigenvalue weighted by atomic mass is 32.2. The number of pyridine rings is 1. The van der Waals surface area contributed by atoms with Gasteiger partial charge in [0.25, 0.3) is 5.91 Å².